The summed E-state index contributed by atoms with van der Waals surface area (Å²) < 4.78 is 5.49. The molecule has 0 aromatic heterocycles. The number of ether oxygens (including phenoxy) is 1. The first kappa shape index (κ1) is 13.6. The molecule has 0 spiro atoms. The topological polar surface area (TPSA) is 70.6 Å². The van der Waals surface area contributed by atoms with E-state index in [9.17, 15) is 9.90 Å². The lowest BCUT2D eigenvalue weighted by molar-refractivity contribution is 0.104. The van der Waals surface area contributed by atoms with E-state index in [2.05, 4.69) is 10.6 Å². The van der Waals surface area contributed by atoms with Gasteiger partial charge in [-0.3, -0.25) is 0 Å². The highest BCUT2D eigenvalue weighted by Crippen LogP contribution is 2.39. The van der Waals surface area contributed by atoms with Crippen LogP contribution < -0.4 is 10.6 Å². The highest BCUT2D eigenvalue weighted by Gasteiger charge is 2.42. The fourth-order valence-corrected chi connectivity index (χ4v) is 2.51. The summed E-state index contributed by atoms with van der Waals surface area (Å²) in [7, 11) is 0. The summed E-state index contributed by atoms with van der Waals surface area (Å²) in [4.78, 5) is 11.7. The quantitative estimate of drug-likeness (QED) is 0.664. The molecule has 2 aliphatic rings. The van der Waals surface area contributed by atoms with E-state index in [1.54, 1.807) is 0 Å². The molecule has 1 saturated carbocycles. The van der Waals surface area contributed by atoms with Gasteiger partial charge in [0.05, 0.1) is 18.2 Å². The first-order chi connectivity index (χ1) is 8.64. The van der Waals surface area contributed by atoms with Crippen molar-refractivity contribution in [2.75, 3.05) is 19.8 Å². The molecule has 104 valence electrons. The minimum atomic E-state index is -0.464. The maximum Gasteiger partial charge on any atom is 0.315 e. The van der Waals surface area contributed by atoms with Crippen molar-refractivity contribution < 1.29 is 14.6 Å². The zero-order valence-corrected chi connectivity index (χ0v) is 11.1. The molecule has 5 heteroatoms. The average Bonchev–Trinajstić information content (AvgIpc) is 3.09. The zero-order valence-electron chi connectivity index (χ0n) is 11.1. The molecule has 0 bridgehead atoms. The van der Waals surface area contributed by atoms with E-state index in [0.29, 0.717) is 18.6 Å². The van der Waals surface area contributed by atoms with E-state index in [1.807, 2.05) is 6.92 Å². The molecule has 2 fully saturated rings. The number of aliphatic hydroxyl groups excluding tert-OH is 1. The van der Waals surface area contributed by atoms with Crippen molar-refractivity contribution in [2.24, 2.45) is 5.92 Å². The van der Waals surface area contributed by atoms with Crippen LogP contribution in [0.5, 0.6) is 0 Å². The summed E-state index contributed by atoms with van der Waals surface area (Å²) in [6.07, 6.45) is 5.58. The first-order valence-electron chi connectivity index (χ1n) is 6.92. The third-order valence-electron chi connectivity index (χ3n) is 3.98. The molecular formula is C13H24N2O3. The average molecular weight is 256 g/mol. The summed E-state index contributed by atoms with van der Waals surface area (Å²) in [5.74, 6) is 0.423. The molecule has 2 amide bonds. The van der Waals surface area contributed by atoms with Gasteiger partial charge in [-0.15, -0.1) is 0 Å². The normalized spacial score (nSPS) is 26.7. The molecule has 0 aromatic carbocycles. The lowest BCUT2D eigenvalue weighted by Crippen LogP contribution is -2.54. The highest BCUT2D eigenvalue weighted by molar-refractivity contribution is 5.74. The zero-order chi connectivity index (χ0) is 13.0. The van der Waals surface area contributed by atoms with Crippen LogP contribution in [0.15, 0.2) is 0 Å². The van der Waals surface area contributed by atoms with Gasteiger partial charge >= 0.3 is 6.03 Å². The number of rotatable bonds is 6. The predicted octanol–water partition coefficient (Wildman–Crippen LogP) is 1.02. The number of hydrogen-bond acceptors (Lipinski definition) is 3. The molecule has 1 aliphatic heterocycles. The molecule has 0 unspecified atom stereocenters. The predicted molar refractivity (Wildman–Crippen MR) is 68.3 cm³/mol. The molecule has 0 aromatic rings. The van der Waals surface area contributed by atoms with Gasteiger partial charge in [0.2, 0.25) is 0 Å². The Hall–Kier alpha value is -0.810. The van der Waals surface area contributed by atoms with Crippen LogP contribution in [0.2, 0.25) is 0 Å². The lowest BCUT2D eigenvalue weighted by atomic mass is 9.97. The molecule has 1 heterocycles. The Bertz CT molecular complexity index is 288. The minimum absolute atomic E-state index is 0.00315. The third kappa shape index (κ3) is 3.59. The first-order valence-corrected chi connectivity index (χ1v) is 6.92. The lowest BCUT2D eigenvalue weighted by Gasteiger charge is -2.28. The van der Waals surface area contributed by atoms with Crippen LogP contribution in [0, 0.1) is 5.92 Å². The van der Waals surface area contributed by atoms with Gasteiger partial charge in [-0.2, -0.15) is 0 Å². The van der Waals surface area contributed by atoms with Gasteiger partial charge in [0, 0.05) is 13.2 Å². The van der Waals surface area contributed by atoms with Crippen LogP contribution in [0.4, 0.5) is 4.79 Å². The largest absolute Gasteiger partial charge is 0.394 e. The smallest absolute Gasteiger partial charge is 0.315 e. The number of nitrogens with one attached hydrogen (secondary N) is 2. The number of carbonyl (C=O) groups is 1. The van der Waals surface area contributed by atoms with E-state index in [-0.39, 0.29) is 12.6 Å². The monoisotopic (exact) mass is 256 g/mol. The van der Waals surface area contributed by atoms with E-state index in [4.69, 9.17) is 4.74 Å². The van der Waals surface area contributed by atoms with Gasteiger partial charge in [-0.1, -0.05) is 0 Å². The van der Waals surface area contributed by atoms with Crippen molar-refractivity contribution in [3.05, 3.63) is 0 Å². The maximum atomic E-state index is 11.7. The summed E-state index contributed by atoms with van der Waals surface area (Å²) in [5, 5.41) is 15.1. The van der Waals surface area contributed by atoms with Gasteiger partial charge in [0.1, 0.15) is 0 Å². The number of amides is 2. The highest BCUT2D eigenvalue weighted by atomic mass is 16.5. The van der Waals surface area contributed by atoms with Gasteiger partial charge in [0.25, 0.3) is 0 Å². The minimum Gasteiger partial charge on any atom is -0.394 e. The van der Waals surface area contributed by atoms with Crippen LogP contribution in [0.1, 0.15) is 39.0 Å². The molecule has 0 radical (unpaired) electrons. The Morgan fingerprint density at radius 2 is 2.22 bits per heavy atom. The Balaban J connectivity index is 1.64. The Labute approximate surface area is 108 Å². The maximum absolute atomic E-state index is 11.7. The number of hydrogen-bond donors (Lipinski definition) is 3. The van der Waals surface area contributed by atoms with Crippen LogP contribution in [-0.4, -0.2) is 42.5 Å². The van der Waals surface area contributed by atoms with Gasteiger partial charge < -0.3 is 20.5 Å². The number of carbonyl (C=O) groups excluding carboxylic acids is 1. The molecular weight excluding hydrogens is 232 g/mol. The van der Waals surface area contributed by atoms with E-state index >= 15 is 0 Å². The second-order valence-electron chi connectivity index (χ2n) is 5.65. The summed E-state index contributed by atoms with van der Waals surface area (Å²) in [6.45, 7) is 3.38. The Morgan fingerprint density at radius 3 is 2.78 bits per heavy atom. The van der Waals surface area contributed by atoms with Crippen molar-refractivity contribution in [2.45, 2.75) is 50.7 Å². The van der Waals surface area contributed by atoms with Crippen molar-refractivity contribution >= 4 is 6.03 Å². The van der Waals surface area contributed by atoms with Crippen LogP contribution >= 0.6 is 0 Å². The van der Waals surface area contributed by atoms with Gasteiger partial charge in [-0.25, -0.2) is 4.79 Å². The SMILES string of the molecule is C[C@@](CO)(NC(=O)NCC[C@H]1CCCO1)C1CC1. The van der Waals surface area contributed by atoms with Gasteiger partial charge in [-0.05, 0) is 44.9 Å². The van der Waals surface area contributed by atoms with Crippen LogP contribution in [-0.2, 0) is 4.74 Å². The van der Waals surface area contributed by atoms with Gasteiger partial charge in [0.15, 0.2) is 0 Å². The summed E-state index contributed by atoms with van der Waals surface area (Å²) in [6, 6.07) is -0.184. The van der Waals surface area contributed by atoms with Crippen molar-refractivity contribution in [1.82, 2.24) is 10.6 Å². The van der Waals surface area contributed by atoms with Crippen molar-refractivity contribution in [3.8, 4) is 0 Å². The second-order valence-corrected chi connectivity index (χ2v) is 5.65. The molecule has 18 heavy (non-hydrogen) atoms. The molecule has 1 saturated heterocycles. The van der Waals surface area contributed by atoms with Crippen LogP contribution in [0.3, 0.4) is 0 Å². The van der Waals surface area contributed by atoms with Crippen molar-refractivity contribution in [3.63, 3.8) is 0 Å². The second kappa shape index (κ2) is 5.89. The number of urea groups is 1. The summed E-state index contributed by atoms with van der Waals surface area (Å²) in [5.41, 5.74) is -0.464. The van der Waals surface area contributed by atoms with Crippen LogP contribution in [0.25, 0.3) is 0 Å². The van der Waals surface area contributed by atoms with E-state index < -0.39 is 5.54 Å². The standard InChI is InChI=1S/C13H24N2O3/c1-13(9-16,10-4-5-10)15-12(17)14-7-6-11-3-2-8-18-11/h10-11,16H,2-9H2,1H3,(H2,14,15,17)/t11-,13+/m1/s1. The molecule has 5 nitrogen and oxygen atoms in total. The fourth-order valence-electron chi connectivity index (χ4n) is 2.51. The van der Waals surface area contributed by atoms with E-state index in [0.717, 1.165) is 38.7 Å². The Kier molecular flexibility index (Phi) is 4.45. The number of aliphatic hydroxyl groups is 1. The molecule has 2 atom stereocenters. The molecule has 2 rings (SSSR count). The van der Waals surface area contributed by atoms with E-state index in [1.165, 1.54) is 0 Å². The Morgan fingerprint density at radius 1 is 1.44 bits per heavy atom. The third-order valence-corrected chi connectivity index (χ3v) is 3.98. The van der Waals surface area contributed by atoms with Crippen molar-refractivity contribution in [1.29, 1.82) is 0 Å². The fraction of sp³-hybridized carbons (Fsp3) is 0.923. The summed E-state index contributed by atoms with van der Waals surface area (Å²) >= 11 is 0. The molecule has 1 aliphatic carbocycles. The molecule has 3 N–H and O–H groups in total.